The van der Waals surface area contributed by atoms with Crippen LogP contribution in [0.2, 0.25) is 0 Å². The zero-order valence-electron chi connectivity index (χ0n) is 19.9. The molecular formula is C26H40N4O2. The number of hydrogen-bond acceptors (Lipinski definition) is 5. The third-order valence-electron chi connectivity index (χ3n) is 8.24. The monoisotopic (exact) mass is 440 g/mol. The van der Waals surface area contributed by atoms with Crippen LogP contribution in [0.15, 0.2) is 0 Å². The smallest absolute Gasteiger partial charge is 0.223 e. The number of fused-ring (bicyclic) bond motifs is 1. The molecule has 5 rings (SSSR count). The van der Waals surface area contributed by atoms with Crippen molar-refractivity contribution in [3.63, 3.8) is 0 Å². The van der Waals surface area contributed by atoms with Gasteiger partial charge in [0.1, 0.15) is 5.82 Å². The van der Waals surface area contributed by atoms with Crippen molar-refractivity contribution in [2.75, 3.05) is 37.7 Å². The Balaban J connectivity index is 1.37. The maximum Gasteiger partial charge on any atom is 0.223 e. The number of aryl methyl sites for hydroxylation is 1. The van der Waals surface area contributed by atoms with E-state index in [1.807, 2.05) is 0 Å². The molecule has 3 aliphatic heterocycles. The van der Waals surface area contributed by atoms with Crippen LogP contribution < -0.4 is 4.90 Å². The number of aromatic nitrogens is 2. The Morgan fingerprint density at radius 2 is 1.72 bits per heavy atom. The Labute approximate surface area is 193 Å². The first kappa shape index (κ1) is 22.1. The Morgan fingerprint density at radius 3 is 2.53 bits per heavy atom. The molecule has 2 saturated heterocycles. The van der Waals surface area contributed by atoms with Gasteiger partial charge in [-0.05, 0) is 76.5 Å². The Hall–Kier alpha value is -1.69. The van der Waals surface area contributed by atoms with Crippen molar-refractivity contribution >= 4 is 11.7 Å². The van der Waals surface area contributed by atoms with E-state index in [4.69, 9.17) is 14.7 Å². The minimum atomic E-state index is 0.0495. The van der Waals surface area contributed by atoms with E-state index in [2.05, 4.69) is 16.7 Å². The highest BCUT2D eigenvalue weighted by atomic mass is 16.5. The zero-order valence-corrected chi connectivity index (χ0v) is 19.9. The second-order valence-corrected chi connectivity index (χ2v) is 10.5. The van der Waals surface area contributed by atoms with Crippen LogP contribution in [-0.2, 0) is 16.0 Å². The third-order valence-corrected chi connectivity index (χ3v) is 8.24. The summed E-state index contributed by atoms with van der Waals surface area (Å²) >= 11 is 0. The summed E-state index contributed by atoms with van der Waals surface area (Å²) < 4.78 is 5.58. The van der Waals surface area contributed by atoms with Crippen LogP contribution in [0.1, 0.15) is 93.8 Å². The van der Waals surface area contributed by atoms with Crippen LogP contribution in [0.25, 0.3) is 0 Å². The SMILES string of the molecule is Cc1nc([C@H]2CCCCN2C(=O)CC2CCCC2)nc2c1CCCN2CC1CCOCC1. The average Bonchev–Trinajstić information content (AvgIpc) is 3.33. The molecule has 0 radical (unpaired) electrons. The third kappa shape index (κ3) is 4.80. The highest BCUT2D eigenvalue weighted by Gasteiger charge is 2.34. The van der Waals surface area contributed by atoms with Gasteiger partial charge in [-0.25, -0.2) is 9.97 Å². The summed E-state index contributed by atoms with van der Waals surface area (Å²) in [5.41, 5.74) is 2.45. The summed E-state index contributed by atoms with van der Waals surface area (Å²) in [6.07, 6.45) is 13.5. The Morgan fingerprint density at radius 1 is 0.938 bits per heavy atom. The lowest BCUT2D eigenvalue weighted by molar-refractivity contribution is -0.136. The quantitative estimate of drug-likeness (QED) is 0.670. The van der Waals surface area contributed by atoms with Gasteiger partial charge in [0, 0.05) is 50.5 Å². The largest absolute Gasteiger partial charge is 0.381 e. The summed E-state index contributed by atoms with van der Waals surface area (Å²) in [4.78, 5) is 28.1. The molecule has 1 saturated carbocycles. The van der Waals surface area contributed by atoms with Crippen LogP contribution in [0, 0.1) is 18.8 Å². The van der Waals surface area contributed by atoms with Crippen LogP contribution in [0.5, 0.6) is 0 Å². The van der Waals surface area contributed by atoms with Gasteiger partial charge in [-0.15, -0.1) is 0 Å². The molecule has 3 fully saturated rings. The Kier molecular flexibility index (Phi) is 6.96. The molecule has 4 heterocycles. The number of carbonyl (C=O) groups excluding carboxylic acids is 1. The standard InChI is InChI=1S/C26H40N4O2/c1-19-22-9-6-13-29(18-21-11-15-32-16-12-21)26(22)28-25(27-19)23-10-4-5-14-30(23)24(31)17-20-7-2-3-8-20/h20-21,23H,2-18H2,1H3/t23-/m1/s1. The summed E-state index contributed by atoms with van der Waals surface area (Å²) in [6.45, 7) is 6.94. The first-order chi connectivity index (χ1) is 15.7. The first-order valence-corrected chi connectivity index (χ1v) is 13.2. The highest BCUT2D eigenvalue weighted by molar-refractivity contribution is 5.77. The van der Waals surface area contributed by atoms with Crippen LogP contribution in [0.4, 0.5) is 5.82 Å². The number of anilines is 1. The number of carbonyl (C=O) groups is 1. The van der Waals surface area contributed by atoms with E-state index in [-0.39, 0.29) is 6.04 Å². The molecule has 1 atom stereocenters. The Bertz CT molecular complexity index is 801. The van der Waals surface area contributed by atoms with Gasteiger partial charge < -0.3 is 14.5 Å². The fourth-order valence-electron chi connectivity index (χ4n) is 6.35. The van der Waals surface area contributed by atoms with Crippen molar-refractivity contribution in [3.05, 3.63) is 17.1 Å². The number of amides is 1. The lowest BCUT2D eigenvalue weighted by atomic mass is 9.96. The molecule has 1 aliphatic carbocycles. The van der Waals surface area contributed by atoms with Gasteiger partial charge in [0.25, 0.3) is 0 Å². The van der Waals surface area contributed by atoms with Gasteiger partial charge in [0.05, 0.1) is 6.04 Å². The second kappa shape index (κ2) is 10.1. The van der Waals surface area contributed by atoms with Crippen molar-refractivity contribution in [2.24, 2.45) is 11.8 Å². The van der Waals surface area contributed by atoms with Crippen molar-refractivity contribution < 1.29 is 9.53 Å². The summed E-state index contributed by atoms with van der Waals surface area (Å²) in [5.74, 6) is 3.65. The van der Waals surface area contributed by atoms with E-state index in [1.165, 1.54) is 37.7 Å². The summed E-state index contributed by atoms with van der Waals surface area (Å²) in [6, 6.07) is 0.0495. The molecule has 1 aromatic heterocycles. The fourth-order valence-corrected chi connectivity index (χ4v) is 6.35. The van der Waals surface area contributed by atoms with Crippen molar-refractivity contribution in [3.8, 4) is 0 Å². The molecule has 0 N–H and O–H groups in total. The van der Waals surface area contributed by atoms with Crippen LogP contribution >= 0.6 is 0 Å². The predicted octanol–water partition coefficient (Wildman–Crippen LogP) is 4.60. The van der Waals surface area contributed by atoms with Crippen molar-refractivity contribution in [1.82, 2.24) is 14.9 Å². The minimum Gasteiger partial charge on any atom is -0.381 e. The van der Waals surface area contributed by atoms with E-state index in [0.717, 1.165) is 95.1 Å². The van der Waals surface area contributed by atoms with Crippen molar-refractivity contribution in [2.45, 2.75) is 90.0 Å². The van der Waals surface area contributed by atoms with Gasteiger partial charge >= 0.3 is 0 Å². The first-order valence-electron chi connectivity index (χ1n) is 13.2. The lowest BCUT2D eigenvalue weighted by Gasteiger charge is -2.38. The van der Waals surface area contributed by atoms with Crippen LogP contribution in [-0.4, -0.2) is 53.6 Å². The van der Waals surface area contributed by atoms with Gasteiger partial charge in [-0.1, -0.05) is 12.8 Å². The molecule has 0 bridgehead atoms. The number of hydrogen-bond donors (Lipinski definition) is 0. The van der Waals surface area contributed by atoms with E-state index >= 15 is 0 Å². The summed E-state index contributed by atoms with van der Waals surface area (Å²) in [7, 11) is 0. The molecule has 6 nitrogen and oxygen atoms in total. The summed E-state index contributed by atoms with van der Waals surface area (Å²) in [5, 5.41) is 0. The van der Waals surface area contributed by atoms with Gasteiger partial charge in [0.15, 0.2) is 5.82 Å². The van der Waals surface area contributed by atoms with E-state index in [9.17, 15) is 4.79 Å². The fraction of sp³-hybridized carbons (Fsp3) is 0.808. The molecule has 1 amide bonds. The number of likely N-dealkylation sites (tertiary alicyclic amines) is 1. The molecule has 0 spiro atoms. The van der Waals surface area contributed by atoms with Gasteiger partial charge in [-0.3, -0.25) is 4.79 Å². The van der Waals surface area contributed by atoms with Gasteiger partial charge in [-0.2, -0.15) is 0 Å². The normalized spacial score (nSPS) is 25.2. The molecule has 6 heteroatoms. The zero-order chi connectivity index (χ0) is 21.9. The highest BCUT2D eigenvalue weighted by Crippen LogP contribution is 2.36. The molecule has 176 valence electrons. The number of ether oxygens (including phenoxy) is 1. The van der Waals surface area contributed by atoms with E-state index in [1.54, 1.807) is 0 Å². The van der Waals surface area contributed by atoms with Gasteiger partial charge in [0.2, 0.25) is 5.91 Å². The maximum absolute atomic E-state index is 13.3. The number of nitrogens with zero attached hydrogens (tertiary/aromatic N) is 4. The second-order valence-electron chi connectivity index (χ2n) is 10.5. The molecule has 1 aromatic rings. The molecule has 4 aliphatic rings. The number of rotatable bonds is 5. The van der Waals surface area contributed by atoms with E-state index < -0.39 is 0 Å². The predicted molar refractivity (Wildman–Crippen MR) is 126 cm³/mol. The topological polar surface area (TPSA) is 58.6 Å². The maximum atomic E-state index is 13.3. The van der Waals surface area contributed by atoms with Crippen molar-refractivity contribution in [1.29, 1.82) is 0 Å². The number of piperidine rings is 1. The van der Waals surface area contributed by atoms with Crippen LogP contribution in [0.3, 0.4) is 0 Å². The molecule has 0 unspecified atom stereocenters. The van der Waals surface area contributed by atoms with E-state index in [0.29, 0.717) is 17.7 Å². The average molecular weight is 441 g/mol. The molecule has 32 heavy (non-hydrogen) atoms. The molecular weight excluding hydrogens is 400 g/mol. The minimum absolute atomic E-state index is 0.0495. The lowest BCUT2D eigenvalue weighted by Crippen LogP contribution is -2.41. The molecule has 0 aromatic carbocycles.